The first kappa shape index (κ1) is 13.0. The molecule has 2 N–H and O–H groups in total. The van der Waals surface area contributed by atoms with Crippen molar-refractivity contribution in [2.45, 2.75) is 26.0 Å². The first-order chi connectivity index (χ1) is 8.50. The Morgan fingerprint density at radius 1 is 1.67 bits per heavy atom. The van der Waals surface area contributed by atoms with Crippen LogP contribution in [-0.2, 0) is 11.8 Å². The molecule has 2 heterocycles. The summed E-state index contributed by atoms with van der Waals surface area (Å²) in [5.74, 6) is 0.00884. The molecular weight excluding hydrogens is 232 g/mol. The van der Waals surface area contributed by atoms with E-state index in [2.05, 4.69) is 5.10 Å². The summed E-state index contributed by atoms with van der Waals surface area (Å²) < 4.78 is 7.26. The summed E-state index contributed by atoms with van der Waals surface area (Å²) in [6.45, 7) is 5.48. The highest BCUT2D eigenvalue weighted by molar-refractivity contribution is 5.95. The Kier molecular flexibility index (Phi) is 3.68. The summed E-state index contributed by atoms with van der Waals surface area (Å²) in [6.07, 6.45) is 1.54. The molecule has 1 aliphatic heterocycles. The van der Waals surface area contributed by atoms with Crippen LogP contribution in [0.3, 0.4) is 0 Å². The zero-order chi connectivity index (χ0) is 13.3. The average molecular weight is 252 g/mol. The van der Waals surface area contributed by atoms with Gasteiger partial charge in [0.1, 0.15) is 0 Å². The van der Waals surface area contributed by atoms with Crippen LogP contribution in [0.5, 0.6) is 0 Å². The van der Waals surface area contributed by atoms with E-state index in [4.69, 9.17) is 10.5 Å². The molecule has 0 saturated carbocycles. The second kappa shape index (κ2) is 5.07. The van der Waals surface area contributed by atoms with Crippen LogP contribution in [0.2, 0.25) is 0 Å². The minimum atomic E-state index is -0.0836. The maximum atomic E-state index is 12.4. The number of aromatic nitrogens is 2. The average Bonchev–Trinajstić information content (AvgIpc) is 2.69. The van der Waals surface area contributed by atoms with Crippen molar-refractivity contribution >= 4 is 5.91 Å². The van der Waals surface area contributed by atoms with E-state index >= 15 is 0 Å². The molecule has 0 spiro atoms. The summed E-state index contributed by atoms with van der Waals surface area (Å²) in [5.41, 5.74) is 7.36. The Morgan fingerprint density at radius 3 is 2.94 bits per heavy atom. The summed E-state index contributed by atoms with van der Waals surface area (Å²) >= 11 is 0. The second-order valence-corrected chi connectivity index (χ2v) is 4.79. The van der Waals surface area contributed by atoms with Crippen molar-refractivity contribution in [2.75, 3.05) is 19.7 Å². The largest absolute Gasteiger partial charge is 0.373 e. The van der Waals surface area contributed by atoms with Gasteiger partial charge in [0.25, 0.3) is 5.91 Å². The van der Waals surface area contributed by atoms with Crippen molar-refractivity contribution in [1.29, 1.82) is 0 Å². The van der Waals surface area contributed by atoms with E-state index in [-0.39, 0.29) is 18.1 Å². The molecule has 1 aromatic rings. The van der Waals surface area contributed by atoms with Gasteiger partial charge in [0.2, 0.25) is 0 Å². The number of morpholine rings is 1. The molecular formula is C12H20N4O2. The lowest BCUT2D eigenvalue weighted by Gasteiger charge is -2.34. The van der Waals surface area contributed by atoms with Crippen molar-refractivity contribution in [3.63, 3.8) is 0 Å². The van der Waals surface area contributed by atoms with E-state index in [0.717, 1.165) is 5.69 Å². The first-order valence-corrected chi connectivity index (χ1v) is 6.15. The Balaban J connectivity index is 2.12. The highest BCUT2D eigenvalue weighted by Crippen LogP contribution is 2.14. The molecule has 2 atom stereocenters. The van der Waals surface area contributed by atoms with Crippen LogP contribution < -0.4 is 5.73 Å². The van der Waals surface area contributed by atoms with Gasteiger partial charge in [0, 0.05) is 31.9 Å². The van der Waals surface area contributed by atoms with Gasteiger partial charge in [-0.1, -0.05) is 0 Å². The summed E-state index contributed by atoms with van der Waals surface area (Å²) in [6, 6.07) is -0.0735. The van der Waals surface area contributed by atoms with E-state index in [1.807, 2.05) is 20.9 Å². The van der Waals surface area contributed by atoms with Crippen molar-refractivity contribution in [2.24, 2.45) is 12.8 Å². The van der Waals surface area contributed by atoms with Crippen LogP contribution in [0.25, 0.3) is 0 Å². The molecule has 0 aliphatic carbocycles. The first-order valence-electron chi connectivity index (χ1n) is 6.15. The number of amides is 1. The van der Waals surface area contributed by atoms with Crippen molar-refractivity contribution in [1.82, 2.24) is 14.7 Å². The molecule has 1 saturated heterocycles. The number of carbonyl (C=O) groups is 1. The fourth-order valence-corrected chi connectivity index (χ4v) is 2.06. The van der Waals surface area contributed by atoms with Crippen LogP contribution in [0.4, 0.5) is 0 Å². The van der Waals surface area contributed by atoms with Gasteiger partial charge in [-0.15, -0.1) is 0 Å². The van der Waals surface area contributed by atoms with Crippen LogP contribution in [0.1, 0.15) is 23.0 Å². The molecule has 2 unspecified atom stereocenters. The number of hydrogen-bond acceptors (Lipinski definition) is 4. The van der Waals surface area contributed by atoms with Gasteiger partial charge in [-0.2, -0.15) is 5.10 Å². The number of nitrogens with zero attached hydrogens (tertiary/aromatic N) is 3. The van der Waals surface area contributed by atoms with E-state index in [1.54, 1.807) is 15.8 Å². The Bertz CT molecular complexity index is 441. The summed E-state index contributed by atoms with van der Waals surface area (Å²) in [7, 11) is 1.83. The number of carbonyl (C=O) groups excluding carboxylic acids is 1. The third-order valence-electron chi connectivity index (χ3n) is 3.43. The van der Waals surface area contributed by atoms with Gasteiger partial charge < -0.3 is 15.4 Å². The number of aryl methyl sites for hydroxylation is 1. The molecule has 0 aromatic carbocycles. The zero-order valence-corrected chi connectivity index (χ0v) is 11.1. The van der Waals surface area contributed by atoms with Crippen LogP contribution in [0, 0.1) is 6.92 Å². The molecule has 1 aliphatic rings. The minimum absolute atomic E-state index is 0.00884. The highest BCUT2D eigenvalue weighted by Gasteiger charge is 2.28. The molecule has 18 heavy (non-hydrogen) atoms. The Morgan fingerprint density at radius 2 is 2.39 bits per heavy atom. The predicted molar refractivity (Wildman–Crippen MR) is 67.2 cm³/mol. The number of ether oxygens (including phenoxy) is 1. The van der Waals surface area contributed by atoms with Crippen LogP contribution in [-0.4, -0.2) is 52.4 Å². The van der Waals surface area contributed by atoms with E-state index in [1.165, 1.54) is 0 Å². The van der Waals surface area contributed by atoms with Crippen molar-refractivity contribution in [3.05, 3.63) is 17.5 Å². The normalized spacial score (nSPS) is 22.0. The number of rotatable bonds is 2. The molecule has 2 rings (SSSR count). The SMILES string of the molecule is Cc1c(C(=O)N2CCOC(C(C)N)C2)cnn1C. The maximum absolute atomic E-state index is 12.4. The van der Waals surface area contributed by atoms with Gasteiger partial charge in [0.15, 0.2) is 0 Å². The monoisotopic (exact) mass is 252 g/mol. The predicted octanol–water partition coefficient (Wildman–Crippen LogP) is -0.0833. The zero-order valence-electron chi connectivity index (χ0n) is 11.1. The molecule has 100 valence electrons. The fourth-order valence-electron chi connectivity index (χ4n) is 2.06. The van der Waals surface area contributed by atoms with E-state index < -0.39 is 0 Å². The van der Waals surface area contributed by atoms with E-state index in [9.17, 15) is 4.79 Å². The lowest BCUT2D eigenvalue weighted by molar-refractivity contribution is -0.0300. The topological polar surface area (TPSA) is 73.4 Å². The number of hydrogen-bond donors (Lipinski definition) is 1. The third kappa shape index (κ3) is 2.39. The summed E-state index contributed by atoms with van der Waals surface area (Å²) in [5, 5.41) is 4.10. The summed E-state index contributed by atoms with van der Waals surface area (Å²) in [4.78, 5) is 14.2. The standard InChI is InChI=1S/C12H20N4O2/c1-8(13)11-7-16(4-5-18-11)12(17)10-6-14-15(3)9(10)2/h6,8,11H,4-5,7,13H2,1-3H3. The molecule has 1 aromatic heterocycles. The molecule has 0 bridgehead atoms. The van der Waals surface area contributed by atoms with Gasteiger partial charge in [0.05, 0.1) is 24.5 Å². The maximum Gasteiger partial charge on any atom is 0.257 e. The third-order valence-corrected chi connectivity index (χ3v) is 3.43. The molecule has 1 fully saturated rings. The molecule has 1 amide bonds. The van der Waals surface area contributed by atoms with Crippen LogP contribution >= 0.6 is 0 Å². The lowest BCUT2D eigenvalue weighted by atomic mass is 10.1. The van der Waals surface area contributed by atoms with Crippen molar-refractivity contribution in [3.8, 4) is 0 Å². The Hall–Kier alpha value is -1.40. The molecule has 6 heteroatoms. The van der Waals surface area contributed by atoms with Gasteiger partial charge in [-0.3, -0.25) is 9.48 Å². The quantitative estimate of drug-likeness (QED) is 0.799. The highest BCUT2D eigenvalue weighted by atomic mass is 16.5. The smallest absolute Gasteiger partial charge is 0.257 e. The van der Waals surface area contributed by atoms with E-state index in [0.29, 0.717) is 25.3 Å². The number of nitrogens with two attached hydrogens (primary N) is 1. The minimum Gasteiger partial charge on any atom is -0.373 e. The molecule has 6 nitrogen and oxygen atoms in total. The van der Waals surface area contributed by atoms with Gasteiger partial charge in [-0.05, 0) is 13.8 Å². The second-order valence-electron chi connectivity index (χ2n) is 4.79. The lowest BCUT2D eigenvalue weighted by Crippen LogP contribution is -2.51. The Labute approximate surface area is 107 Å². The molecule has 0 radical (unpaired) electrons. The van der Waals surface area contributed by atoms with Crippen LogP contribution in [0.15, 0.2) is 6.20 Å². The fraction of sp³-hybridized carbons (Fsp3) is 0.667. The van der Waals surface area contributed by atoms with Gasteiger partial charge >= 0.3 is 0 Å². The van der Waals surface area contributed by atoms with Gasteiger partial charge in [-0.25, -0.2) is 0 Å². The van der Waals surface area contributed by atoms with Crippen molar-refractivity contribution < 1.29 is 9.53 Å².